The Labute approximate surface area is 163 Å². The fourth-order valence-electron chi connectivity index (χ4n) is 3.61. The number of benzene rings is 2. The second-order valence-corrected chi connectivity index (χ2v) is 7.16. The molecule has 1 aromatic heterocycles. The third-order valence-electron chi connectivity index (χ3n) is 5.14. The van der Waals surface area contributed by atoms with E-state index in [1.54, 1.807) is 10.7 Å². The first-order valence-electron chi connectivity index (χ1n) is 9.27. The number of rotatable bonds is 3. The molecule has 0 atom stereocenters. The number of carbonyl (C=O) groups excluding carboxylic acids is 1. The van der Waals surface area contributed by atoms with Gasteiger partial charge in [-0.15, -0.1) is 0 Å². The maximum atomic E-state index is 12.7. The van der Waals surface area contributed by atoms with E-state index in [0.29, 0.717) is 16.9 Å². The van der Waals surface area contributed by atoms with Crippen LogP contribution in [0.25, 0.3) is 16.5 Å². The maximum absolute atomic E-state index is 12.7. The van der Waals surface area contributed by atoms with Crippen molar-refractivity contribution in [3.8, 4) is 5.97 Å². The van der Waals surface area contributed by atoms with Crippen molar-refractivity contribution in [3.05, 3.63) is 59.8 Å². The molecule has 0 aliphatic carbocycles. The molecule has 0 spiro atoms. The summed E-state index contributed by atoms with van der Waals surface area (Å²) in [7, 11) is 1.86. The molecule has 1 aliphatic rings. The summed E-state index contributed by atoms with van der Waals surface area (Å²) in [5, 5.41) is 17.2. The van der Waals surface area contributed by atoms with Gasteiger partial charge < -0.3 is 11.1 Å². The molecular formula is C21H20BN5O. The number of hydrogen-bond acceptors (Lipinski definition) is 4. The Hall–Kier alpha value is -3.53. The van der Waals surface area contributed by atoms with Crippen LogP contribution in [0.2, 0.25) is 12.6 Å². The Balaban J connectivity index is 1.52. The molecule has 0 saturated carbocycles. The van der Waals surface area contributed by atoms with Gasteiger partial charge in [0.05, 0.1) is 11.1 Å². The average molecular weight is 369 g/mol. The van der Waals surface area contributed by atoms with Crippen LogP contribution in [0.5, 0.6) is 0 Å². The van der Waals surface area contributed by atoms with Gasteiger partial charge >= 0.3 is 0 Å². The Morgan fingerprint density at radius 2 is 2.18 bits per heavy atom. The molecule has 28 heavy (non-hydrogen) atoms. The number of nitrogens with zero attached hydrogens (tertiary/aromatic N) is 3. The molecule has 6 nitrogen and oxygen atoms in total. The highest BCUT2D eigenvalue weighted by Gasteiger charge is 2.19. The van der Waals surface area contributed by atoms with Crippen LogP contribution >= 0.6 is 0 Å². The quantitative estimate of drug-likeness (QED) is 0.543. The van der Waals surface area contributed by atoms with E-state index in [9.17, 15) is 4.79 Å². The summed E-state index contributed by atoms with van der Waals surface area (Å²) in [6, 6.07) is 11.1. The Morgan fingerprint density at radius 1 is 1.32 bits per heavy atom. The van der Waals surface area contributed by atoms with Crippen LogP contribution in [0.1, 0.15) is 22.3 Å². The molecule has 0 radical (unpaired) electrons. The fraction of sp³-hybridized carbons (Fsp3) is 0.190. The predicted molar refractivity (Wildman–Crippen MR) is 113 cm³/mol. The molecule has 0 unspecified atom stereocenters. The van der Waals surface area contributed by atoms with E-state index < -0.39 is 0 Å². The molecule has 0 saturated heterocycles. The van der Waals surface area contributed by atoms with E-state index in [0.717, 1.165) is 35.5 Å². The number of nitrogen functional groups attached to an aromatic ring is 1. The highest BCUT2D eigenvalue weighted by molar-refractivity contribution is 6.67. The lowest BCUT2D eigenvalue weighted by Gasteiger charge is -2.16. The highest BCUT2D eigenvalue weighted by atomic mass is 16.1. The van der Waals surface area contributed by atoms with Gasteiger partial charge in [0.1, 0.15) is 0 Å². The van der Waals surface area contributed by atoms with Crippen molar-refractivity contribution in [1.29, 1.82) is 5.26 Å². The Bertz CT molecular complexity index is 1140. The molecule has 3 aromatic rings. The first-order chi connectivity index (χ1) is 13.5. The first kappa shape index (κ1) is 17.9. The number of fused-ring (bicyclic) bond motifs is 1. The lowest BCUT2D eigenvalue weighted by atomic mass is 9.43. The average Bonchev–Trinajstić information content (AvgIpc) is 3.07. The lowest BCUT2D eigenvalue weighted by Crippen LogP contribution is -2.15. The molecule has 7 heteroatoms. The van der Waals surface area contributed by atoms with E-state index in [4.69, 9.17) is 11.0 Å². The van der Waals surface area contributed by atoms with Crippen molar-refractivity contribution in [2.45, 2.75) is 19.1 Å². The molecule has 1 aliphatic heterocycles. The number of anilines is 2. The summed E-state index contributed by atoms with van der Waals surface area (Å²) in [6.45, 7) is 0.100. The topological polar surface area (TPSA) is 96.7 Å². The normalized spacial score (nSPS) is 13.9. The van der Waals surface area contributed by atoms with Gasteiger partial charge in [-0.25, -0.2) is 5.26 Å². The number of aryl methyl sites for hydroxylation is 1. The SMILES string of the molecule is Cn1cc2cc(NC(=O)c3ccc(C4=CCB(C#N)CC4)cc3N)ccc2n1. The van der Waals surface area contributed by atoms with E-state index in [1.807, 2.05) is 43.6 Å². The van der Waals surface area contributed by atoms with Crippen molar-refractivity contribution in [2.24, 2.45) is 7.05 Å². The number of nitrogens with one attached hydrogen (secondary N) is 1. The highest BCUT2D eigenvalue weighted by Crippen LogP contribution is 2.30. The van der Waals surface area contributed by atoms with Crippen molar-refractivity contribution in [1.82, 2.24) is 9.78 Å². The van der Waals surface area contributed by atoms with Gasteiger partial charge in [0.25, 0.3) is 12.6 Å². The van der Waals surface area contributed by atoms with Crippen LogP contribution in [0, 0.1) is 11.2 Å². The maximum Gasteiger partial charge on any atom is 0.271 e. The summed E-state index contributed by atoms with van der Waals surface area (Å²) in [5.41, 5.74) is 10.8. The monoisotopic (exact) mass is 369 g/mol. The minimum Gasteiger partial charge on any atom is -0.398 e. The summed E-state index contributed by atoms with van der Waals surface area (Å²) < 4.78 is 1.74. The number of allylic oxidation sites excluding steroid dienone is 2. The number of amides is 1. The van der Waals surface area contributed by atoms with Crippen molar-refractivity contribution < 1.29 is 4.79 Å². The third-order valence-corrected chi connectivity index (χ3v) is 5.14. The summed E-state index contributed by atoms with van der Waals surface area (Å²) >= 11 is 0. The standard InChI is InChI=1S/C21H20BN5O/c1-27-12-16-10-17(3-5-20(16)26-27)25-21(28)18-4-2-15(11-19(18)24)14-6-8-22(13-23)9-7-14/h2-6,10-12H,7-9,24H2,1H3,(H,25,28). The van der Waals surface area contributed by atoms with Crippen LogP contribution in [-0.4, -0.2) is 22.4 Å². The van der Waals surface area contributed by atoms with Gasteiger partial charge in [0.15, 0.2) is 0 Å². The van der Waals surface area contributed by atoms with Crippen LogP contribution in [0.3, 0.4) is 0 Å². The van der Waals surface area contributed by atoms with Crippen molar-refractivity contribution in [3.63, 3.8) is 0 Å². The minimum absolute atomic E-state index is 0.100. The molecule has 0 fully saturated rings. The lowest BCUT2D eigenvalue weighted by molar-refractivity contribution is 0.102. The van der Waals surface area contributed by atoms with Crippen LogP contribution < -0.4 is 11.1 Å². The van der Waals surface area contributed by atoms with Gasteiger partial charge in [-0.05, 0) is 54.2 Å². The molecule has 3 N–H and O–H groups in total. The molecule has 2 heterocycles. The molecular weight excluding hydrogens is 349 g/mol. The minimum atomic E-state index is -0.241. The zero-order chi connectivity index (χ0) is 19.7. The molecule has 138 valence electrons. The summed E-state index contributed by atoms with van der Waals surface area (Å²) in [6.07, 6.45) is 6.50. The molecule has 4 rings (SSSR count). The number of nitrogens with two attached hydrogens (primary N) is 1. The number of aromatic nitrogens is 2. The van der Waals surface area contributed by atoms with Crippen molar-refractivity contribution in [2.75, 3.05) is 11.1 Å². The fourth-order valence-corrected chi connectivity index (χ4v) is 3.61. The third kappa shape index (κ3) is 3.49. The second kappa shape index (κ2) is 7.24. The van der Waals surface area contributed by atoms with Crippen LogP contribution in [0.15, 0.2) is 48.7 Å². The van der Waals surface area contributed by atoms with E-state index in [1.165, 1.54) is 5.57 Å². The molecule has 0 bridgehead atoms. The van der Waals surface area contributed by atoms with Gasteiger partial charge in [0.2, 0.25) is 0 Å². The van der Waals surface area contributed by atoms with Gasteiger partial charge in [-0.3, -0.25) is 9.48 Å². The van der Waals surface area contributed by atoms with Crippen LogP contribution in [-0.2, 0) is 7.05 Å². The van der Waals surface area contributed by atoms with E-state index >= 15 is 0 Å². The number of hydrogen-bond donors (Lipinski definition) is 2. The molecule has 2 aromatic carbocycles. The van der Waals surface area contributed by atoms with E-state index in [2.05, 4.69) is 22.5 Å². The largest absolute Gasteiger partial charge is 0.398 e. The molecule has 1 amide bonds. The van der Waals surface area contributed by atoms with Gasteiger partial charge in [-0.2, -0.15) is 5.10 Å². The predicted octanol–water partition coefficient (Wildman–Crippen LogP) is 3.75. The van der Waals surface area contributed by atoms with Crippen molar-refractivity contribution >= 4 is 40.5 Å². The summed E-state index contributed by atoms with van der Waals surface area (Å²) in [4.78, 5) is 12.7. The summed E-state index contributed by atoms with van der Waals surface area (Å²) in [5.74, 6) is 2.08. The van der Waals surface area contributed by atoms with Gasteiger partial charge in [0, 0.05) is 36.0 Å². The number of nitriles is 1. The van der Waals surface area contributed by atoms with Crippen LogP contribution in [0.4, 0.5) is 11.4 Å². The smallest absolute Gasteiger partial charge is 0.271 e. The zero-order valence-corrected chi connectivity index (χ0v) is 15.6. The zero-order valence-electron chi connectivity index (χ0n) is 15.6. The Morgan fingerprint density at radius 3 is 2.89 bits per heavy atom. The Kier molecular flexibility index (Phi) is 4.62. The van der Waals surface area contributed by atoms with Gasteiger partial charge in [-0.1, -0.05) is 18.5 Å². The first-order valence-corrected chi connectivity index (χ1v) is 9.27. The second-order valence-electron chi connectivity index (χ2n) is 7.16. The van der Waals surface area contributed by atoms with E-state index in [-0.39, 0.29) is 12.6 Å². The number of carbonyl (C=O) groups is 1.